The van der Waals surface area contributed by atoms with Crippen LogP contribution >= 0.6 is 0 Å². The number of aliphatic hydroxyl groups is 1. The summed E-state index contributed by atoms with van der Waals surface area (Å²) in [7, 11) is 0. The van der Waals surface area contributed by atoms with Crippen LogP contribution in [0.25, 0.3) is 0 Å². The molecule has 0 aromatic heterocycles. The summed E-state index contributed by atoms with van der Waals surface area (Å²) in [6.07, 6.45) is 7.23. The van der Waals surface area contributed by atoms with E-state index in [1.165, 1.54) is 12.0 Å². The molecule has 0 atom stereocenters. The van der Waals surface area contributed by atoms with Gasteiger partial charge in [0.1, 0.15) is 5.75 Å². The van der Waals surface area contributed by atoms with Crippen LogP contribution in [0.15, 0.2) is 24.3 Å². The molecule has 0 amide bonds. The molecule has 16 heavy (non-hydrogen) atoms. The van der Waals surface area contributed by atoms with Crippen molar-refractivity contribution >= 4 is 0 Å². The lowest BCUT2D eigenvalue weighted by Crippen LogP contribution is -2.31. The predicted molar refractivity (Wildman–Crippen MR) is 64.5 cm³/mol. The largest absolute Gasteiger partial charge is 0.508 e. The van der Waals surface area contributed by atoms with Gasteiger partial charge in [-0.05, 0) is 43.4 Å². The van der Waals surface area contributed by atoms with Gasteiger partial charge >= 0.3 is 0 Å². The minimum absolute atomic E-state index is 0.306. The van der Waals surface area contributed by atoms with E-state index in [0.717, 1.165) is 38.5 Å². The van der Waals surface area contributed by atoms with Crippen molar-refractivity contribution in [3.05, 3.63) is 29.8 Å². The van der Waals surface area contributed by atoms with Gasteiger partial charge in [0.15, 0.2) is 0 Å². The van der Waals surface area contributed by atoms with Crippen molar-refractivity contribution in [2.45, 2.75) is 50.5 Å². The van der Waals surface area contributed by atoms with E-state index in [2.05, 4.69) is 0 Å². The predicted octanol–water partition coefficient (Wildman–Crippen LogP) is 3.02. The molecular weight excluding hydrogens is 200 g/mol. The van der Waals surface area contributed by atoms with Crippen molar-refractivity contribution in [3.8, 4) is 5.75 Å². The zero-order valence-electron chi connectivity index (χ0n) is 9.65. The lowest BCUT2D eigenvalue weighted by molar-refractivity contribution is -0.00341. The Balaban J connectivity index is 1.88. The molecule has 1 aliphatic rings. The molecule has 1 aliphatic carbocycles. The Bertz CT molecular complexity index is 323. The van der Waals surface area contributed by atoms with Crippen molar-refractivity contribution in [1.29, 1.82) is 0 Å². The van der Waals surface area contributed by atoms with Gasteiger partial charge in [0, 0.05) is 0 Å². The minimum atomic E-state index is -0.434. The third kappa shape index (κ3) is 2.99. The number of hydrogen-bond acceptors (Lipinski definition) is 2. The first-order valence-corrected chi connectivity index (χ1v) is 6.18. The maximum absolute atomic E-state index is 10.3. The van der Waals surface area contributed by atoms with Gasteiger partial charge in [-0.15, -0.1) is 0 Å². The van der Waals surface area contributed by atoms with Gasteiger partial charge in [0.05, 0.1) is 5.60 Å². The number of benzene rings is 1. The Morgan fingerprint density at radius 1 is 1.00 bits per heavy atom. The molecule has 0 spiro atoms. The number of rotatable bonds is 3. The third-order valence-electron chi connectivity index (χ3n) is 3.60. The highest BCUT2D eigenvalue weighted by Gasteiger charge is 2.28. The number of hydrogen-bond donors (Lipinski definition) is 2. The molecule has 1 saturated carbocycles. The Morgan fingerprint density at radius 3 is 2.25 bits per heavy atom. The van der Waals surface area contributed by atoms with E-state index in [0.29, 0.717) is 5.75 Å². The topological polar surface area (TPSA) is 40.5 Å². The maximum Gasteiger partial charge on any atom is 0.115 e. The Labute approximate surface area is 96.9 Å². The summed E-state index contributed by atoms with van der Waals surface area (Å²) in [6, 6.07) is 7.28. The van der Waals surface area contributed by atoms with Crippen LogP contribution in [0.2, 0.25) is 0 Å². The van der Waals surface area contributed by atoms with Crippen molar-refractivity contribution in [2.75, 3.05) is 0 Å². The maximum atomic E-state index is 10.3. The van der Waals surface area contributed by atoms with Crippen LogP contribution in [-0.2, 0) is 6.42 Å². The lowest BCUT2D eigenvalue weighted by Gasteiger charge is -2.32. The normalized spacial score (nSPS) is 19.6. The number of aromatic hydroxyl groups is 1. The monoisotopic (exact) mass is 220 g/mol. The van der Waals surface area contributed by atoms with E-state index >= 15 is 0 Å². The molecule has 0 aliphatic heterocycles. The molecule has 2 nitrogen and oxygen atoms in total. The van der Waals surface area contributed by atoms with Crippen molar-refractivity contribution in [1.82, 2.24) is 0 Å². The van der Waals surface area contributed by atoms with Crippen molar-refractivity contribution < 1.29 is 10.2 Å². The van der Waals surface area contributed by atoms with Gasteiger partial charge in [-0.3, -0.25) is 0 Å². The number of phenolic OH excluding ortho intramolecular Hbond substituents is 1. The van der Waals surface area contributed by atoms with Crippen LogP contribution < -0.4 is 0 Å². The highest BCUT2D eigenvalue weighted by molar-refractivity contribution is 5.26. The minimum Gasteiger partial charge on any atom is -0.508 e. The number of phenols is 1. The van der Waals surface area contributed by atoms with Crippen LogP contribution in [0, 0.1) is 0 Å². The molecule has 0 radical (unpaired) electrons. The van der Waals surface area contributed by atoms with Crippen LogP contribution in [0.4, 0.5) is 0 Å². The molecule has 0 saturated heterocycles. The highest BCUT2D eigenvalue weighted by atomic mass is 16.3. The van der Waals surface area contributed by atoms with Crippen LogP contribution in [0.5, 0.6) is 5.75 Å². The van der Waals surface area contributed by atoms with E-state index < -0.39 is 5.60 Å². The second-order valence-corrected chi connectivity index (χ2v) is 4.95. The molecule has 1 aromatic carbocycles. The first-order valence-electron chi connectivity index (χ1n) is 6.18. The summed E-state index contributed by atoms with van der Waals surface area (Å²) in [5.41, 5.74) is 0.757. The average Bonchev–Trinajstić information content (AvgIpc) is 2.29. The summed E-state index contributed by atoms with van der Waals surface area (Å²) >= 11 is 0. The van der Waals surface area contributed by atoms with Crippen LogP contribution in [0.3, 0.4) is 0 Å². The quantitative estimate of drug-likeness (QED) is 0.822. The summed E-state index contributed by atoms with van der Waals surface area (Å²) in [5, 5.41) is 19.5. The van der Waals surface area contributed by atoms with E-state index in [9.17, 15) is 10.2 Å². The van der Waals surface area contributed by atoms with Gasteiger partial charge in [-0.2, -0.15) is 0 Å². The van der Waals surface area contributed by atoms with Crippen molar-refractivity contribution in [3.63, 3.8) is 0 Å². The Morgan fingerprint density at radius 2 is 1.62 bits per heavy atom. The molecule has 88 valence electrons. The molecule has 0 heterocycles. The lowest BCUT2D eigenvalue weighted by atomic mass is 9.81. The summed E-state index contributed by atoms with van der Waals surface area (Å²) < 4.78 is 0. The highest BCUT2D eigenvalue weighted by Crippen LogP contribution is 2.31. The second kappa shape index (κ2) is 4.88. The van der Waals surface area contributed by atoms with Crippen LogP contribution in [-0.4, -0.2) is 15.8 Å². The molecule has 1 fully saturated rings. The van der Waals surface area contributed by atoms with Gasteiger partial charge in [-0.1, -0.05) is 31.4 Å². The van der Waals surface area contributed by atoms with E-state index in [1.807, 2.05) is 12.1 Å². The molecule has 1 aromatic rings. The molecule has 2 rings (SSSR count). The summed E-state index contributed by atoms with van der Waals surface area (Å²) in [5.74, 6) is 0.306. The van der Waals surface area contributed by atoms with Gasteiger partial charge in [0.25, 0.3) is 0 Å². The van der Waals surface area contributed by atoms with E-state index in [-0.39, 0.29) is 0 Å². The standard InChI is InChI=1S/C14H20O2/c15-13-6-4-12(5-7-13)8-11-14(16)9-2-1-3-10-14/h4-7,15-16H,1-3,8-11H2. The van der Waals surface area contributed by atoms with E-state index in [1.54, 1.807) is 12.1 Å². The SMILES string of the molecule is Oc1ccc(CCC2(O)CCCCC2)cc1. The smallest absolute Gasteiger partial charge is 0.115 e. The van der Waals surface area contributed by atoms with Crippen LogP contribution in [0.1, 0.15) is 44.1 Å². The van der Waals surface area contributed by atoms with Gasteiger partial charge in [0.2, 0.25) is 0 Å². The summed E-state index contributed by atoms with van der Waals surface area (Å²) in [4.78, 5) is 0. The fourth-order valence-corrected chi connectivity index (χ4v) is 2.50. The molecule has 0 bridgehead atoms. The molecular formula is C14H20O2. The Kier molecular flexibility index (Phi) is 3.49. The zero-order chi connectivity index (χ0) is 11.4. The second-order valence-electron chi connectivity index (χ2n) is 4.95. The molecule has 0 unspecified atom stereocenters. The van der Waals surface area contributed by atoms with Crippen molar-refractivity contribution in [2.24, 2.45) is 0 Å². The Hall–Kier alpha value is -1.02. The molecule has 2 heteroatoms. The molecule has 2 N–H and O–H groups in total. The first-order chi connectivity index (χ1) is 7.68. The first kappa shape index (κ1) is 11.5. The van der Waals surface area contributed by atoms with Gasteiger partial charge in [-0.25, -0.2) is 0 Å². The summed E-state index contributed by atoms with van der Waals surface area (Å²) in [6.45, 7) is 0. The van der Waals surface area contributed by atoms with E-state index in [4.69, 9.17) is 0 Å². The zero-order valence-corrected chi connectivity index (χ0v) is 9.65. The number of aryl methyl sites for hydroxylation is 1. The third-order valence-corrected chi connectivity index (χ3v) is 3.60. The average molecular weight is 220 g/mol. The fraction of sp³-hybridized carbons (Fsp3) is 0.571. The fourth-order valence-electron chi connectivity index (χ4n) is 2.50. The van der Waals surface area contributed by atoms with Gasteiger partial charge < -0.3 is 10.2 Å².